The summed E-state index contributed by atoms with van der Waals surface area (Å²) in [6.45, 7) is 3.18. The number of aromatic nitrogens is 1. The van der Waals surface area contributed by atoms with Gasteiger partial charge in [-0.05, 0) is 60.4 Å². The van der Waals surface area contributed by atoms with Crippen LogP contribution in [0.15, 0.2) is 47.6 Å². The lowest BCUT2D eigenvalue weighted by Crippen LogP contribution is -2.43. The molecule has 0 radical (unpaired) electrons. The van der Waals surface area contributed by atoms with Crippen molar-refractivity contribution < 1.29 is 31.5 Å². The van der Waals surface area contributed by atoms with Gasteiger partial charge in [-0.1, -0.05) is 32.0 Å². The summed E-state index contributed by atoms with van der Waals surface area (Å²) in [4.78, 5) is 16.3. The van der Waals surface area contributed by atoms with Crippen molar-refractivity contribution in [1.82, 2.24) is 4.98 Å². The van der Waals surface area contributed by atoms with E-state index < -0.39 is 33.9 Å². The molecule has 2 aromatic rings. The number of halogens is 3. The number of nitrogens with one attached hydrogen (secondary N) is 1. The lowest BCUT2D eigenvalue weighted by atomic mass is 9.85. The Morgan fingerprint density at radius 1 is 1.15 bits per heavy atom. The smallest absolute Gasteiger partial charge is 0.376 e. The van der Waals surface area contributed by atoms with Gasteiger partial charge in [0.15, 0.2) is 20.5 Å². The highest BCUT2D eigenvalue weighted by Gasteiger charge is 2.54. The highest BCUT2D eigenvalue weighted by atomic mass is 32.2. The number of aliphatic hydroxyl groups is 1. The second-order valence-corrected chi connectivity index (χ2v) is 11.0. The number of carbonyl (C=O) groups is 1. The standard InChI is InChI=1S/C23H27F3N2O4S/c1-15(2)12-22(30,23(24,25)26)18-6-8-19(9-7-18)28-20(29)11-17-5-10-21(27-13-17)33(31,32)14-16-3-4-16/h5-10,13,15-16,30H,3-4,11-12,14H2,1-2H3,(H,28,29). The number of sulfone groups is 1. The number of anilines is 1. The van der Waals surface area contributed by atoms with Crippen molar-refractivity contribution in [3.8, 4) is 0 Å². The monoisotopic (exact) mass is 484 g/mol. The van der Waals surface area contributed by atoms with Crippen molar-refractivity contribution in [3.63, 3.8) is 0 Å². The summed E-state index contributed by atoms with van der Waals surface area (Å²) in [7, 11) is -3.44. The van der Waals surface area contributed by atoms with E-state index in [-0.39, 0.29) is 40.3 Å². The maximum atomic E-state index is 13.5. The van der Waals surface area contributed by atoms with Crippen LogP contribution in [-0.2, 0) is 26.7 Å². The van der Waals surface area contributed by atoms with E-state index in [1.807, 2.05) is 0 Å². The Morgan fingerprint density at radius 2 is 1.79 bits per heavy atom. The molecule has 0 aliphatic heterocycles. The molecule has 6 nitrogen and oxygen atoms in total. The summed E-state index contributed by atoms with van der Waals surface area (Å²) in [6, 6.07) is 7.79. The highest BCUT2D eigenvalue weighted by molar-refractivity contribution is 7.91. The molecule has 1 aromatic heterocycles. The normalized spacial score (nSPS) is 16.5. The molecule has 1 aromatic carbocycles. The fourth-order valence-corrected chi connectivity index (χ4v) is 5.20. The summed E-state index contributed by atoms with van der Waals surface area (Å²) < 4.78 is 65.0. The first-order chi connectivity index (χ1) is 15.3. The van der Waals surface area contributed by atoms with Crippen molar-refractivity contribution in [2.24, 2.45) is 11.8 Å². The molecule has 33 heavy (non-hydrogen) atoms. The molecule has 1 amide bonds. The van der Waals surface area contributed by atoms with E-state index in [1.54, 1.807) is 13.8 Å². The Morgan fingerprint density at radius 3 is 2.27 bits per heavy atom. The summed E-state index contributed by atoms with van der Waals surface area (Å²) in [5.41, 5.74) is -2.50. The van der Waals surface area contributed by atoms with Gasteiger partial charge in [0, 0.05) is 11.9 Å². The number of nitrogens with zero attached hydrogens (tertiary/aromatic N) is 1. The highest BCUT2D eigenvalue weighted by Crippen LogP contribution is 2.43. The van der Waals surface area contributed by atoms with Crippen LogP contribution in [-0.4, -0.2) is 36.3 Å². The molecule has 10 heteroatoms. The SMILES string of the molecule is CC(C)CC(O)(c1ccc(NC(=O)Cc2ccc(S(=O)(=O)CC3CC3)nc2)cc1)C(F)(F)F. The molecule has 1 heterocycles. The number of carbonyl (C=O) groups excluding carboxylic acids is 1. The van der Waals surface area contributed by atoms with Gasteiger partial charge in [0.05, 0.1) is 12.2 Å². The third-order valence-electron chi connectivity index (χ3n) is 5.45. The van der Waals surface area contributed by atoms with Gasteiger partial charge >= 0.3 is 6.18 Å². The van der Waals surface area contributed by atoms with Gasteiger partial charge in [-0.15, -0.1) is 0 Å². The molecule has 0 bridgehead atoms. The van der Waals surface area contributed by atoms with Crippen LogP contribution in [0.5, 0.6) is 0 Å². The number of amides is 1. The molecule has 3 rings (SSSR count). The molecule has 180 valence electrons. The van der Waals surface area contributed by atoms with E-state index in [0.29, 0.717) is 5.56 Å². The number of rotatable bonds is 9. The van der Waals surface area contributed by atoms with Crippen LogP contribution in [0.2, 0.25) is 0 Å². The predicted octanol–water partition coefficient (Wildman–Crippen LogP) is 4.24. The van der Waals surface area contributed by atoms with Gasteiger partial charge < -0.3 is 10.4 Å². The zero-order chi connectivity index (χ0) is 24.4. The van der Waals surface area contributed by atoms with Gasteiger partial charge in [-0.3, -0.25) is 4.79 Å². The fraction of sp³-hybridized carbons (Fsp3) is 0.478. The second-order valence-electron chi connectivity index (χ2n) is 8.99. The first-order valence-electron chi connectivity index (χ1n) is 10.7. The third-order valence-corrected chi connectivity index (χ3v) is 7.24. The van der Waals surface area contributed by atoms with Crippen molar-refractivity contribution in [2.75, 3.05) is 11.1 Å². The maximum absolute atomic E-state index is 13.5. The second kappa shape index (κ2) is 9.42. The van der Waals surface area contributed by atoms with Crippen LogP contribution >= 0.6 is 0 Å². The van der Waals surface area contributed by atoms with Crippen LogP contribution in [0.1, 0.15) is 44.2 Å². The molecule has 1 fully saturated rings. The summed E-state index contributed by atoms with van der Waals surface area (Å²) in [6.07, 6.45) is -2.26. The lowest BCUT2D eigenvalue weighted by molar-refractivity contribution is -0.272. The van der Waals surface area contributed by atoms with E-state index in [4.69, 9.17) is 0 Å². The van der Waals surface area contributed by atoms with Crippen LogP contribution in [0.25, 0.3) is 0 Å². The van der Waals surface area contributed by atoms with Gasteiger partial charge in [0.1, 0.15) is 0 Å². The zero-order valence-electron chi connectivity index (χ0n) is 18.4. The quantitative estimate of drug-likeness (QED) is 0.555. The molecule has 0 spiro atoms. The molecule has 1 atom stereocenters. The van der Waals surface area contributed by atoms with E-state index in [0.717, 1.165) is 25.0 Å². The molecule has 1 unspecified atom stereocenters. The first-order valence-corrected chi connectivity index (χ1v) is 12.3. The van der Waals surface area contributed by atoms with Crippen molar-refractivity contribution in [1.29, 1.82) is 0 Å². The predicted molar refractivity (Wildman–Crippen MR) is 117 cm³/mol. The van der Waals surface area contributed by atoms with E-state index >= 15 is 0 Å². The Hall–Kier alpha value is -2.46. The molecule has 0 saturated heterocycles. The van der Waals surface area contributed by atoms with Crippen LogP contribution in [0, 0.1) is 11.8 Å². The van der Waals surface area contributed by atoms with Crippen LogP contribution in [0.4, 0.5) is 18.9 Å². The molecule has 1 aliphatic rings. The average molecular weight is 485 g/mol. The Bertz CT molecular complexity index is 1080. The average Bonchev–Trinajstić information content (AvgIpc) is 3.50. The van der Waals surface area contributed by atoms with E-state index in [9.17, 15) is 31.5 Å². The Kier molecular flexibility index (Phi) is 7.18. The van der Waals surface area contributed by atoms with Gasteiger partial charge in [0.25, 0.3) is 0 Å². The van der Waals surface area contributed by atoms with Crippen molar-refractivity contribution in [2.45, 2.75) is 56.3 Å². The third kappa shape index (κ3) is 6.32. The van der Waals surface area contributed by atoms with E-state index in [2.05, 4.69) is 10.3 Å². The Balaban J connectivity index is 1.63. The number of benzene rings is 1. The number of hydrogen-bond acceptors (Lipinski definition) is 5. The largest absolute Gasteiger partial charge is 0.421 e. The number of hydrogen-bond donors (Lipinski definition) is 2. The van der Waals surface area contributed by atoms with Gasteiger partial charge in [-0.2, -0.15) is 13.2 Å². The van der Waals surface area contributed by atoms with Gasteiger partial charge in [-0.25, -0.2) is 13.4 Å². The molecule has 1 aliphatic carbocycles. The zero-order valence-corrected chi connectivity index (χ0v) is 19.2. The summed E-state index contributed by atoms with van der Waals surface area (Å²) in [5.74, 6) is -0.548. The summed E-state index contributed by atoms with van der Waals surface area (Å²) in [5, 5.41) is 12.9. The minimum atomic E-state index is -4.84. The van der Waals surface area contributed by atoms with E-state index in [1.165, 1.54) is 30.5 Å². The minimum absolute atomic E-state index is 0.0207. The topological polar surface area (TPSA) is 96.4 Å². The van der Waals surface area contributed by atoms with Gasteiger partial charge in [0.2, 0.25) is 5.91 Å². The van der Waals surface area contributed by atoms with Crippen molar-refractivity contribution in [3.05, 3.63) is 53.7 Å². The first kappa shape index (κ1) is 25.2. The number of pyridine rings is 1. The Labute approximate surface area is 191 Å². The molecule has 2 N–H and O–H groups in total. The van der Waals surface area contributed by atoms with Crippen LogP contribution < -0.4 is 5.32 Å². The summed E-state index contributed by atoms with van der Waals surface area (Å²) >= 11 is 0. The fourth-order valence-electron chi connectivity index (χ4n) is 3.59. The van der Waals surface area contributed by atoms with Crippen molar-refractivity contribution >= 4 is 21.4 Å². The number of alkyl halides is 3. The lowest BCUT2D eigenvalue weighted by Gasteiger charge is -2.32. The molecular formula is C23H27F3N2O4S. The molecule has 1 saturated carbocycles. The van der Waals surface area contributed by atoms with Crippen LogP contribution in [0.3, 0.4) is 0 Å². The maximum Gasteiger partial charge on any atom is 0.421 e. The molecular weight excluding hydrogens is 457 g/mol. The minimum Gasteiger partial charge on any atom is -0.376 e.